The van der Waals surface area contributed by atoms with E-state index in [1.165, 1.54) is 88.8 Å². The van der Waals surface area contributed by atoms with Gasteiger partial charge in [-0.3, -0.25) is 0 Å². The summed E-state index contributed by atoms with van der Waals surface area (Å²) in [6.07, 6.45) is 21.8. The molecule has 0 aromatic heterocycles. The van der Waals surface area contributed by atoms with E-state index in [0.29, 0.717) is 18.1 Å². The van der Waals surface area contributed by atoms with E-state index in [9.17, 15) is 8.78 Å². The highest BCUT2D eigenvalue weighted by Gasteiger charge is 2.26. The van der Waals surface area contributed by atoms with Gasteiger partial charge in [-0.2, -0.15) is 4.39 Å². The summed E-state index contributed by atoms with van der Waals surface area (Å²) in [5.41, 5.74) is -0.184. The van der Waals surface area contributed by atoms with Gasteiger partial charge < -0.3 is 4.74 Å². The quantitative estimate of drug-likeness (QED) is 0.119. The van der Waals surface area contributed by atoms with E-state index >= 15 is 8.78 Å². The molecule has 1 saturated carbocycles. The molecule has 5 heteroatoms. The third kappa shape index (κ3) is 10.6. The molecule has 0 aliphatic heterocycles. The van der Waals surface area contributed by atoms with E-state index in [0.717, 1.165) is 57.4 Å². The van der Waals surface area contributed by atoms with Crippen LogP contribution in [-0.4, -0.2) is 6.61 Å². The molecule has 0 saturated heterocycles. The van der Waals surface area contributed by atoms with Crippen LogP contribution < -0.4 is 4.74 Å². The van der Waals surface area contributed by atoms with Crippen molar-refractivity contribution in [3.63, 3.8) is 0 Å². The average molecular weight is 577 g/mol. The monoisotopic (exact) mass is 576 g/mol. The maximum absolute atomic E-state index is 15.2. The van der Waals surface area contributed by atoms with Crippen LogP contribution in [0.15, 0.2) is 24.3 Å². The van der Waals surface area contributed by atoms with Crippen molar-refractivity contribution in [2.75, 3.05) is 6.61 Å². The molecule has 2 aromatic rings. The zero-order valence-corrected chi connectivity index (χ0v) is 25.5. The molecule has 0 atom stereocenters. The van der Waals surface area contributed by atoms with E-state index in [4.69, 9.17) is 4.74 Å². The first-order valence-corrected chi connectivity index (χ1v) is 16.6. The molecule has 0 N–H and O–H groups in total. The molecular formula is C36H52F4O. The zero-order valence-electron chi connectivity index (χ0n) is 25.5. The van der Waals surface area contributed by atoms with Gasteiger partial charge in [-0.15, -0.1) is 0 Å². The standard InChI is InChI=1S/C36H52F4O/c1-3-5-7-9-11-12-13-15-17-27-18-20-28(21-19-27)30-25-33(38)31(26-32(30)37)29-22-23-34(36(40)35(29)39)41-24-16-14-10-8-6-4-2/h22-23,25-28H,3-21,24H2,1-2H3. The molecule has 0 amide bonds. The van der Waals surface area contributed by atoms with Crippen LogP contribution in [0.2, 0.25) is 0 Å². The van der Waals surface area contributed by atoms with Crippen LogP contribution >= 0.6 is 0 Å². The molecule has 0 bridgehead atoms. The Morgan fingerprint density at radius 2 is 1.20 bits per heavy atom. The third-order valence-electron chi connectivity index (χ3n) is 8.93. The molecule has 0 heterocycles. The Morgan fingerprint density at radius 1 is 0.610 bits per heavy atom. The number of hydrogen-bond acceptors (Lipinski definition) is 1. The molecule has 2 aromatic carbocycles. The second-order valence-electron chi connectivity index (χ2n) is 12.2. The van der Waals surface area contributed by atoms with Gasteiger partial charge >= 0.3 is 0 Å². The highest BCUT2D eigenvalue weighted by molar-refractivity contribution is 5.66. The Hall–Kier alpha value is -2.04. The lowest BCUT2D eigenvalue weighted by Crippen LogP contribution is -2.15. The van der Waals surface area contributed by atoms with Crippen molar-refractivity contribution in [3.8, 4) is 16.9 Å². The molecule has 0 unspecified atom stereocenters. The van der Waals surface area contributed by atoms with Crippen LogP contribution in [0, 0.1) is 29.2 Å². The van der Waals surface area contributed by atoms with Gasteiger partial charge in [0, 0.05) is 11.1 Å². The van der Waals surface area contributed by atoms with Gasteiger partial charge in [0.2, 0.25) is 5.82 Å². The Kier molecular flexibility index (Phi) is 15.1. The minimum atomic E-state index is -1.21. The van der Waals surface area contributed by atoms with E-state index < -0.39 is 23.3 Å². The van der Waals surface area contributed by atoms with Crippen LogP contribution in [0.5, 0.6) is 5.75 Å². The summed E-state index contributed by atoms with van der Waals surface area (Å²) in [5.74, 6) is -3.20. The van der Waals surface area contributed by atoms with E-state index in [1.54, 1.807) is 0 Å². The van der Waals surface area contributed by atoms with Crippen LogP contribution in [-0.2, 0) is 0 Å². The minimum Gasteiger partial charge on any atom is -0.490 e. The Bertz CT molecular complexity index is 1030. The van der Waals surface area contributed by atoms with Gasteiger partial charge in [-0.05, 0) is 73.8 Å². The van der Waals surface area contributed by atoms with Gasteiger partial charge in [0.25, 0.3) is 0 Å². The van der Waals surface area contributed by atoms with Gasteiger partial charge in [-0.25, -0.2) is 13.2 Å². The topological polar surface area (TPSA) is 9.23 Å². The van der Waals surface area contributed by atoms with Crippen molar-refractivity contribution in [1.82, 2.24) is 0 Å². The Morgan fingerprint density at radius 3 is 1.83 bits per heavy atom. The number of benzene rings is 2. The van der Waals surface area contributed by atoms with Crippen LogP contribution in [0.1, 0.15) is 147 Å². The smallest absolute Gasteiger partial charge is 0.201 e. The van der Waals surface area contributed by atoms with Crippen molar-refractivity contribution in [2.45, 2.75) is 142 Å². The lowest BCUT2D eigenvalue weighted by atomic mass is 9.76. The first-order valence-electron chi connectivity index (χ1n) is 16.6. The maximum atomic E-state index is 15.2. The fraction of sp³-hybridized carbons (Fsp3) is 0.667. The third-order valence-corrected chi connectivity index (χ3v) is 8.93. The van der Waals surface area contributed by atoms with Crippen molar-refractivity contribution in [1.29, 1.82) is 0 Å². The molecule has 230 valence electrons. The highest BCUT2D eigenvalue weighted by Crippen LogP contribution is 2.41. The van der Waals surface area contributed by atoms with Crippen LogP contribution in [0.4, 0.5) is 17.6 Å². The largest absolute Gasteiger partial charge is 0.490 e. The number of rotatable bonds is 19. The summed E-state index contributed by atoms with van der Waals surface area (Å²) in [4.78, 5) is 0. The Labute approximate surface area is 246 Å². The number of unbranched alkanes of at least 4 members (excludes halogenated alkanes) is 12. The fourth-order valence-corrected chi connectivity index (χ4v) is 6.33. The lowest BCUT2D eigenvalue weighted by Gasteiger charge is -2.29. The Balaban J connectivity index is 1.50. The van der Waals surface area contributed by atoms with E-state index in [-0.39, 0.29) is 22.8 Å². The highest BCUT2D eigenvalue weighted by atomic mass is 19.2. The molecule has 0 radical (unpaired) electrons. The number of hydrogen-bond donors (Lipinski definition) is 0. The van der Waals surface area contributed by atoms with Gasteiger partial charge in [-0.1, -0.05) is 104 Å². The van der Waals surface area contributed by atoms with Gasteiger partial charge in [0.1, 0.15) is 11.6 Å². The van der Waals surface area contributed by atoms with E-state index in [1.807, 2.05) is 0 Å². The molecule has 1 nitrogen and oxygen atoms in total. The zero-order chi connectivity index (χ0) is 29.5. The second-order valence-corrected chi connectivity index (χ2v) is 12.2. The van der Waals surface area contributed by atoms with Crippen molar-refractivity contribution in [2.24, 2.45) is 5.92 Å². The van der Waals surface area contributed by atoms with Crippen molar-refractivity contribution >= 4 is 0 Å². The summed E-state index contributed by atoms with van der Waals surface area (Å²) < 4.78 is 65.5. The van der Waals surface area contributed by atoms with Gasteiger partial charge in [0.05, 0.1) is 6.61 Å². The summed E-state index contributed by atoms with van der Waals surface area (Å²) in [6.45, 7) is 4.69. The first kappa shape index (κ1) is 33.5. The average Bonchev–Trinajstić information content (AvgIpc) is 2.97. The predicted octanol–water partition coefficient (Wildman–Crippen LogP) is 12.5. The summed E-state index contributed by atoms with van der Waals surface area (Å²) in [7, 11) is 0. The molecule has 0 spiro atoms. The normalized spacial score (nSPS) is 17.2. The number of ether oxygens (including phenoxy) is 1. The van der Waals surface area contributed by atoms with Crippen LogP contribution in [0.3, 0.4) is 0 Å². The molecule has 3 rings (SSSR count). The van der Waals surface area contributed by atoms with Crippen molar-refractivity contribution in [3.05, 3.63) is 53.1 Å². The minimum absolute atomic E-state index is 0.0345. The number of halogens is 4. The molecule has 1 aliphatic rings. The molecule has 41 heavy (non-hydrogen) atoms. The predicted molar refractivity (Wildman–Crippen MR) is 163 cm³/mol. The SMILES string of the molecule is CCCCCCCCCCC1CCC(c2cc(F)c(-c3ccc(OCCCCCCCC)c(F)c3F)cc2F)CC1. The summed E-state index contributed by atoms with van der Waals surface area (Å²) >= 11 is 0. The maximum Gasteiger partial charge on any atom is 0.201 e. The first-order chi connectivity index (χ1) is 20.0. The molecule has 1 fully saturated rings. The van der Waals surface area contributed by atoms with Gasteiger partial charge in [0.15, 0.2) is 11.6 Å². The van der Waals surface area contributed by atoms with E-state index in [2.05, 4.69) is 13.8 Å². The summed E-state index contributed by atoms with van der Waals surface area (Å²) in [6, 6.07) is 4.83. The second kappa shape index (κ2) is 18.5. The lowest BCUT2D eigenvalue weighted by molar-refractivity contribution is 0.285. The fourth-order valence-electron chi connectivity index (χ4n) is 6.33. The van der Waals surface area contributed by atoms with Crippen LogP contribution in [0.25, 0.3) is 11.1 Å². The summed E-state index contributed by atoms with van der Waals surface area (Å²) in [5, 5.41) is 0. The molecule has 1 aliphatic carbocycles. The molecular weight excluding hydrogens is 524 g/mol. The van der Waals surface area contributed by atoms with Crippen molar-refractivity contribution < 1.29 is 22.3 Å².